The van der Waals surface area contributed by atoms with Crippen LogP contribution in [-0.2, 0) is 0 Å². The van der Waals surface area contributed by atoms with Gasteiger partial charge in [0.1, 0.15) is 0 Å². The molecule has 6 heteroatoms. The highest BCUT2D eigenvalue weighted by Gasteiger charge is 2.17. The third-order valence-corrected chi connectivity index (χ3v) is 6.35. The van der Waals surface area contributed by atoms with E-state index in [9.17, 15) is 0 Å². The molecule has 1 aromatic carbocycles. The first-order chi connectivity index (χ1) is 13.6. The number of anilines is 1. The first kappa shape index (κ1) is 20.7. The molecule has 2 heterocycles. The highest BCUT2D eigenvalue weighted by Crippen LogP contribution is 2.24. The van der Waals surface area contributed by atoms with E-state index in [2.05, 4.69) is 88.2 Å². The number of benzene rings is 1. The van der Waals surface area contributed by atoms with Crippen molar-refractivity contribution in [1.82, 2.24) is 15.5 Å². The Bertz CT molecular complexity index is 750. The summed E-state index contributed by atoms with van der Waals surface area (Å²) in [5.74, 6) is 0.836. The molecule has 0 radical (unpaired) electrons. The molecular formula is C22H33N5S. The largest absolute Gasteiger partial charge is 0.372 e. The summed E-state index contributed by atoms with van der Waals surface area (Å²) < 4.78 is 0. The molecule has 1 aliphatic heterocycles. The fraction of sp³-hybridized carbons (Fsp3) is 0.500. The molecule has 1 aliphatic rings. The monoisotopic (exact) mass is 399 g/mol. The Kier molecular flexibility index (Phi) is 7.34. The van der Waals surface area contributed by atoms with E-state index in [1.165, 1.54) is 42.1 Å². The lowest BCUT2D eigenvalue weighted by atomic mass is 10.1. The Morgan fingerprint density at radius 2 is 2.00 bits per heavy atom. The molecule has 2 unspecified atom stereocenters. The first-order valence-corrected chi connectivity index (χ1v) is 11.0. The number of likely N-dealkylation sites (N-methyl/N-ethyl adjacent to an activating group) is 1. The van der Waals surface area contributed by atoms with E-state index in [1.54, 1.807) is 11.3 Å². The molecule has 0 aliphatic carbocycles. The molecular weight excluding hydrogens is 366 g/mol. The second-order valence-electron chi connectivity index (χ2n) is 7.60. The van der Waals surface area contributed by atoms with Crippen LogP contribution in [0.5, 0.6) is 0 Å². The number of nitrogens with one attached hydrogen (secondary N) is 2. The summed E-state index contributed by atoms with van der Waals surface area (Å²) in [6.07, 6.45) is 2.59. The minimum absolute atomic E-state index is 0.188. The molecule has 1 fully saturated rings. The summed E-state index contributed by atoms with van der Waals surface area (Å²) in [7, 11) is 6.07. The summed E-state index contributed by atoms with van der Waals surface area (Å²) in [6.45, 7) is 5.35. The molecule has 28 heavy (non-hydrogen) atoms. The molecule has 2 N–H and O–H groups in total. The molecule has 1 aromatic heterocycles. The van der Waals surface area contributed by atoms with E-state index in [1.807, 2.05) is 7.05 Å². The minimum atomic E-state index is 0.188. The second-order valence-corrected chi connectivity index (χ2v) is 8.58. The number of nitrogens with zero attached hydrogens (tertiary/aromatic N) is 3. The van der Waals surface area contributed by atoms with Crippen LogP contribution in [0, 0.1) is 0 Å². The third kappa shape index (κ3) is 5.26. The number of aliphatic imine (C=N–C) groups is 1. The maximum atomic E-state index is 4.43. The van der Waals surface area contributed by atoms with Gasteiger partial charge in [-0.05, 0) is 63.0 Å². The molecule has 2 atom stereocenters. The van der Waals surface area contributed by atoms with Gasteiger partial charge in [0.25, 0.3) is 0 Å². The summed E-state index contributed by atoms with van der Waals surface area (Å²) in [4.78, 5) is 10.5. The van der Waals surface area contributed by atoms with Crippen molar-refractivity contribution in [1.29, 1.82) is 0 Å². The molecule has 0 saturated carbocycles. The Morgan fingerprint density at radius 3 is 2.64 bits per heavy atom. The number of rotatable bonds is 7. The predicted octanol–water partition coefficient (Wildman–Crippen LogP) is 3.88. The summed E-state index contributed by atoms with van der Waals surface area (Å²) in [6, 6.07) is 13.7. The van der Waals surface area contributed by atoms with Crippen LogP contribution in [-0.4, -0.2) is 51.6 Å². The minimum Gasteiger partial charge on any atom is -0.372 e. The smallest absolute Gasteiger partial charge is 0.191 e. The average Bonchev–Trinajstić information content (AvgIpc) is 3.41. The van der Waals surface area contributed by atoms with Crippen molar-refractivity contribution in [2.45, 2.75) is 31.8 Å². The average molecular weight is 400 g/mol. The molecule has 5 nitrogen and oxygen atoms in total. The molecule has 0 spiro atoms. The van der Waals surface area contributed by atoms with Gasteiger partial charge in [-0.15, -0.1) is 11.3 Å². The van der Waals surface area contributed by atoms with E-state index in [4.69, 9.17) is 0 Å². The lowest BCUT2D eigenvalue weighted by Gasteiger charge is -2.26. The van der Waals surface area contributed by atoms with Gasteiger partial charge in [0.05, 0.1) is 12.1 Å². The molecule has 0 bridgehead atoms. The number of guanidine groups is 1. The van der Waals surface area contributed by atoms with Gasteiger partial charge in [-0.25, -0.2) is 0 Å². The quantitative estimate of drug-likeness (QED) is 0.548. The van der Waals surface area contributed by atoms with Gasteiger partial charge >= 0.3 is 0 Å². The van der Waals surface area contributed by atoms with Gasteiger partial charge in [0.2, 0.25) is 0 Å². The van der Waals surface area contributed by atoms with Crippen LogP contribution in [0.3, 0.4) is 0 Å². The lowest BCUT2D eigenvalue weighted by molar-refractivity contribution is 0.302. The molecule has 1 saturated heterocycles. The van der Waals surface area contributed by atoms with Gasteiger partial charge < -0.3 is 20.4 Å². The van der Waals surface area contributed by atoms with E-state index in [-0.39, 0.29) is 6.04 Å². The topological polar surface area (TPSA) is 42.9 Å². The number of hydrogen-bond donors (Lipinski definition) is 2. The van der Waals surface area contributed by atoms with Gasteiger partial charge in [-0.2, -0.15) is 0 Å². The van der Waals surface area contributed by atoms with Crippen LogP contribution in [0.25, 0.3) is 0 Å². The molecule has 152 valence electrons. The zero-order chi connectivity index (χ0) is 19.9. The fourth-order valence-electron chi connectivity index (χ4n) is 3.66. The van der Waals surface area contributed by atoms with Crippen LogP contribution in [0.1, 0.15) is 42.3 Å². The maximum absolute atomic E-state index is 4.43. The van der Waals surface area contributed by atoms with Crippen LogP contribution in [0.2, 0.25) is 0 Å². The highest BCUT2D eigenvalue weighted by molar-refractivity contribution is 7.10. The lowest BCUT2D eigenvalue weighted by Crippen LogP contribution is -2.42. The highest BCUT2D eigenvalue weighted by atomic mass is 32.1. The van der Waals surface area contributed by atoms with Gasteiger partial charge in [0, 0.05) is 37.2 Å². The summed E-state index contributed by atoms with van der Waals surface area (Å²) >= 11 is 1.80. The molecule has 3 rings (SSSR count). The first-order valence-electron chi connectivity index (χ1n) is 10.1. The SMILES string of the molecule is CN=C(NCC(c1cccs1)N(C)C)NC(C)c1cccc(N2CCCC2)c1. The zero-order valence-corrected chi connectivity index (χ0v) is 18.3. The van der Waals surface area contributed by atoms with Crippen LogP contribution >= 0.6 is 11.3 Å². The standard InChI is InChI=1S/C22H33N5S/c1-17(18-9-7-10-19(15-18)27-12-5-6-13-27)25-22(23-2)24-16-20(26(3)4)21-11-8-14-28-21/h7-11,14-15,17,20H,5-6,12-13,16H2,1-4H3,(H2,23,24,25). The van der Waals surface area contributed by atoms with Crippen molar-refractivity contribution in [2.75, 3.05) is 45.7 Å². The van der Waals surface area contributed by atoms with Crippen LogP contribution in [0.4, 0.5) is 5.69 Å². The Morgan fingerprint density at radius 1 is 1.21 bits per heavy atom. The zero-order valence-electron chi connectivity index (χ0n) is 17.5. The van der Waals surface area contributed by atoms with Crippen LogP contribution in [0.15, 0.2) is 46.8 Å². The second kappa shape index (κ2) is 9.94. The number of thiophene rings is 1. The Balaban J connectivity index is 1.60. The van der Waals surface area contributed by atoms with Crippen molar-refractivity contribution in [3.05, 3.63) is 52.2 Å². The fourth-order valence-corrected chi connectivity index (χ4v) is 4.58. The number of hydrogen-bond acceptors (Lipinski definition) is 4. The predicted molar refractivity (Wildman–Crippen MR) is 122 cm³/mol. The Labute approximate surface area is 173 Å². The van der Waals surface area contributed by atoms with Crippen molar-refractivity contribution < 1.29 is 0 Å². The normalized spacial score (nSPS) is 17.0. The van der Waals surface area contributed by atoms with E-state index < -0.39 is 0 Å². The van der Waals surface area contributed by atoms with Crippen molar-refractivity contribution in [3.63, 3.8) is 0 Å². The van der Waals surface area contributed by atoms with Gasteiger partial charge in [-0.1, -0.05) is 18.2 Å². The van der Waals surface area contributed by atoms with Crippen molar-refractivity contribution in [2.24, 2.45) is 4.99 Å². The third-order valence-electron chi connectivity index (χ3n) is 5.38. The summed E-state index contributed by atoms with van der Waals surface area (Å²) in [5, 5.41) is 9.18. The van der Waals surface area contributed by atoms with E-state index >= 15 is 0 Å². The maximum Gasteiger partial charge on any atom is 0.191 e. The Hall–Kier alpha value is -2.05. The summed E-state index contributed by atoms with van der Waals surface area (Å²) in [5.41, 5.74) is 2.62. The molecule has 2 aromatic rings. The van der Waals surface area contributed by atoms with Crippen molar-refractivity contribution >= 4 is 23.0 Å². The van der Waals surface area contributed by atoms with Crippen molar-refractivity contribution in [3.8, 4) is 0 Å². The van der Waals surface area contributed by atoms with E-state index in [0.717, 1.165) is 12.5 Å². The molecule has 0 amide bonds. The van der Waals surface area contributed by atoms with Gasteiger partial charge in [-0.3, -0.25) is 4.99 Å². The van der Waals surface area contributed by atoms with Gasteiger partial charge in [0.15, 0.2) is 5.96 Å². The van der Waals surface area contributed by atoms with Crippen LogP contribution < -0.4 is 15.5 Å². The van der Waals surface area contributed by atoms with E-state index in [0.29, 0.717) is 6.04 Å².